The van der Waals surface area contributed by atoms with E-state index in [4.69, 9.17) is 9.78 Å². The highest BCUT2D eigenvalue weighted by molar-refractivity contribution is 7.15. The van der Waals surface area contributed by atoms with E-state index < -0.39 is 0 Å². The first-order valence-corrected chi connectivity index (χ1v) is 12.8. The lowest BCUT2D eigenvalue weighted by Crippen LogP contribution is -2.31. The minimum atomic E-state index is -0.0964. The van der Waals surface area contributed by atoms with Crippen LogP contribution in [-0.2, 0) is 11.3 Å². The lowest BCUT2D eigenvalue weighted by atomic mass is 10.0. The number of amides is 2. The summed E-state index contributed by atoms with van der Waals surface area (Å²) in [6, 6.07) is 7.59. The van der Waals surface area contributed by atoms with Gasteiger partial charge in [0.05, 0.1) is 23.5 Å². The van der Waals surface area contributed by atoms with Crippen LogP contribution in [0.2, 0.25) is 0 Å². The summed E-state index contributed by atoms with van der Waals surface area (Å²) < 4.78 is 0. The van der Waals surface area contributed by atoms with Crippen LogP contribution < -0.4 is 16.4 Å². The lowest BCUT2D eigenvalue weighted by molar-refractivity contribution is -0.106. The molecule has 2 amide bonds. The highest BCUT2D eigenvalue weighted by atomic mass is 32.1. The number of aliphatic imine (C=N–C) groups is 2. The molecule has 0 spiro atoms. The van der Waals surface area contributed by atoms with E-state index in [1.807, 2.05) is 51.1 Å². The van der Waals surface area contributed by atoms with Crippen molar-refractivity contribution in [3.63, 3.8) is 0 Å². The average molecular weight is 512 g/mol. The molecule has 1 aromatic heterocycles. The number of para-hydroxylation sites is 1. The molecular formula is C26H37N7O2S. The van der Waals surface area contributed by atoms with Gasteiger partial charge in [0.2, 0.25) is 6.41 Å². The van der Waals surface area contributed by atoms with Gasteiger partial charge < -0.3 is 21.3 Å². The molecule has 2 heterocycles. The first kappa shape index (κ1) is 28.7. The van der Waals surface area contributed by atoms with E-state index in [9.17, 15) is 4.79 Å². The SMILES string of the molecule is C=N/C(=C\C(C)=NCCC)N1Cc2sc(Nc3ccccc3C(=O)NC(C)C)nc2C(C)C1.NC=O. The normalized spacial score (nSPS) is 15.5. The maximum absolute atomic E-state index is 12.6. The van der Waals surface area contributed by atoms with Crippen LogP contribution in [0.3, 0.4) is 0 Å². The van der Waals surface area contributed by atoms with Crippen molar-refractivity contribution in [3.05, 3.63) is 52.3 Å². The first-order chi connectivity index (χ1) is 17.2. The van der Waals surface area contributed by atoms with E-state index in [0.717, 1.165) is 54.1 Å². The quantitative estimate of drug-likeness (QED) is 0.339. The Morgan fingerprint density at radius 1 is 1.39 bits per heavy atom. The number of benzene rings is 1. The zero-order valence-electron chi connectivity index (χ0n) is 21.7. The maximum Gasteiger partial charge on any atom is 0.253 e. The van der Waals surface area contributed by atoms with Crippen LogP contribution >= 0.6 is 11.3 Å². The second kappa shape index (κ2) is 14.1. The fraction of sp³-hybridized carbons (Fsp3) is 0.423. The monoisotopic (exact) mass is 511 g/mol. The number of hydrogen-bond acceptors (Lipinski definition) is 8. The standard InChI is InChI=1S/C25H34N6OS.CH3NO/c1-7-12-27-18(5)13-22(26-6)31-14-17(4)23-21(15-31)33-25(30-23)29-20-11-9-8-10-19(20)24(32)28-16(2)3;2-1-3/h8-11,13,16-17H,6-7,12,14-15H2,1-5H3,(H,28,32)(H,29,30);1H,(H2,2,3)/b22-13+,27-18?;. The predicted molar refractivity (Wildman–Crippen MR) is 149 cm³/mol. The van der Waals surface area contributed by atoms with Gasteiger partial charge >= 0.3 is 0 Å². The highest BCUT2D eigenvalue weighted by Gasteiger charge is 2.28. The van der Waals surface area contributed by atoms with Gasteiger partial charge in [-0.2, -0.15) is 0 Å². The molecule has 0 aliphatic carbocycles. The van der Waals surface area contributed by atoms with Crippen molar-refractivity contribution in [1.82, 2.24) is 15.2 Å². The molecule has 1 aromatic carbocycles. The molecule has 9 nitrogen and oxygen atoms in total. The fourth-order valence-corrected chi connectivity index (χ4v) is 4.86. The van der Waals surface area contributed by atoms with Gasteiger partial charge in [-0.15, -0.1) is 0 Å². The molecule has 0 radical (unpaired) electrons. The van der Waals surface area contributed by atoms with Gasteiger partial charge in [0.1, 0.15) is 5.82 Å². The lowest BCUT2D eigenvalue weighted by Gasteiger charge is -2.31. The summed E-state index contributed by atoms with van der Waals surface area (Å²) in [6.07, 6.45) is 3.27. The van der Waals surface area contributed by atoms with Crippen LogP contribution in [0.4, 0.5) is 10.8 Å². The summed E-state index contributed by atoms with van der Waals surface area (Å²) in [7, 11) is 0. The molecule has 0 fully saturated rings. The molecular weight excluding hydrogens is 474 g/mol. The first-order valence-electron chi connectivity index (χ1n) is 12.0. The van der Waals surface area contributed by atoms with Gasteiger partial charge in [-0.1, -0.05) is 37.3 Å². The Kier molecular flexibility index (Phi) is 11.3. The molecule has 10 heteroatoms. The minimum absolute atomic E-state index is 0.0703. The highest BCUT2D eigenvalue weighted by Crippen LogP contribution is 2.37. The average Bonchev–Trinajstić information content (AvgIpc) is 3.24. The van der Waals surface area contributed by atoms with Crippen molar-refractivity contribution in [3.8, 4) is 0 Å². The third-order valence-electron chi connectivity index (χ3n) is 5.26. The zero-order valence-corrected chi connectivity index (χ0v) is 22.6. The number of nitrogens with zero attached hydrogens (tertiary/aromatic N) is 4. The van der Waals surface area contributed by atoms with E-state index in [1.54, 1.807) is 11.3 Å². The number of carbonyl (C=O) groups is 2. The largest absolute Gasteiger partial charge is 0.372 e. The van der Waals surface area contributed by atoms with Crippen LogP contribution in [0.25, 0.3) is 0 Å². The van der Waals surface area contributed by atoms with Crippen LogP contribution in [0, 0.1) is 0 Å². The molecule has 1 atom stereocenters. The van der Waals surface area contributed by atoms with Gasteiger partial charge in [0, 0.05) is 41.7 Å². The zero-order chi connectivity index (χ0) is 26.7. The fourth-order valence-electron chi connectivity index (χ4n) is 3.75. The van der Waals surface area contributed by atoms with Crippen molar-refractivity contribution in [2.75, 3.05) is 18.4 Å². The van der Waals surface area contributed by atoms with Crippen LogP contribution in [0.1, 0.15) is 67.9 Å². The number of anilines is 2. The molecule has 0 saturated heterocycles. The van der Waals surface area contributed by atoms with Crippen molar-refractivity contribution < 1.29 is 9.59 Å². The predicted octanol–water partition coefficient (Wildman–Crippen LogP) is 4.46. The molecule has 4 N–H and O–H groups in total. The molecule has 3 rings (SSSR count). The summed E-state index contributed by atoms with van der Waals surface area (Å²) in [5, 5.41) is 7.12. The van der Waals surface area contributed by atoms with Crippen molar-refractivity contribution >= 4 is 46.9 Å². The van der Waals surface area contributed by atoms with Crippen molar-refractivity contribution in [2.24, 2.45) is 15.7 Å². The van der Waals surface area contributed by atoms with Crippen LogP contribution in [0.5, 0.6) is 0 Å². The van der Waals surface area contributed by atoms with Crippen LogP contribution in [-0.4, -0.2) is 53.8 Å². The summed E-state index contributed by atoms with van der Waals surface area (Å²) in [5.41, 5.74) is 7.59. The van der Waals surface area contributed by atoms with Gasteiger partial charge in [-0.05, 0) is 46.0 Å². The summed E-state index contributed by atoms with van der Waals surface area (Å²) >= 11 is 1.62. The number of rotatable bonds is 9. The number of allylic oxidation sites excluding steroid dienone is 1. The molecule has 1 aliphatic rings. The molecule has 1 aliphatic heterocycles. The van der Waals surface area contributed by atoms with Gasteiger partial charge in [0.15, 0.2) is 5.13 Å². The third kappa shape index (κ3) is 8.01. The Morgan fingerprint density at radius 2 is 2.08 bits per heavy atom. The van der Waals surface area contributed by atoms with Gasteiger partial charge in [0.25, 0.3) is 5.91 Å². The van der Waals surface area contributed by atoms with E-state index in [0.29, 0.717) is 5.56 Å². The van der Waals surface area contributed by atoms with E-state index in [-0.39, 0.29) is 24.3 Å². The minimum Gasteiger partial charge on any atom is -0.372 e. The maximum atomic E-state index is 12.6. The molecule has 36 heavy (non-hydrogen) atoms. The number of carbonyl (C=O) groups excluding carboxylic acids is 2. The summed E-state index contributed by atoms with van der Waals surface area (Å²) in [6.45, 7) is 16.3. The Balaban J connectivity index is 0.00000145. The molecule has 1 unspecified atom stereocenters. The van der Waals surface area contributed by atoms with E-state index in [2.05, 4.69) is 51.8 Å². The molecule has 0 saturated carbocycles. The number of hydrogen-bond donors (Lipinski definition) is 3. The van der Waals surface area contributed by atoms with E-state index in [1.165, 1.54) is 4.88 Å². The van der Waals surface area contributed by atoms with Crippen LogP contribution in [0.15, 0.2) is 46.1 Å². The second-order valence-electron chi connectivity index (χ2n) is 8.73. The Labute approximate surface area is 217 Å². The Bertz CT molecular complexity index is 1110. The smallest absolute Gasteiger partial charge is 0.253 e. The number of primary amides is 1. The molecule has 194 valence electrons. The van der Waals surface area contributed by atoms with E-state index >= 15 is 0 Å². The summed E-state index contributed by atoms with van der Waals surface area (Å²) in [5.74, 6) is 0.988. The number of aromatic nitrogens is 1. The Hall–Kier alpha value is -3.53. The topological polar surface area (TPSA) is 125 Å². The third-order valence-corrected chi connectivity index (χ3v) is 6.24. The second-order valence-corrected chi connectivity index (χ2v) is 9.81. The van der Waals surface area contributed by atoms with Gasteiger partial charge in [-0.3, -0.25) is 14.6 Å². The molecule has 2 aromatic rings. The van der Waals surface area contributed by atoms with Crippen molar-refractivity contribution in [2.45, 2.75) is 59.5 Å². The molecule has 0 bridgehead atoms. The number of fused-ring (bicyclic) bond motifs is 1. The summed E-state index contributed by atoms with van der Waals surface area (Å²) in [4.78, 5) is 38.3. The van der Waals surface area contributed by atoms with Crippen molar-refractivity contribution in [1.29, 1.82) is 0 Å². The van der Waals surface area contributed by atoms with Gasteiger partial charge in [-0.25, -0.2) is 9.98 Å². The number of nitrogens with two attached hydrogens (primary N) is 1. The number of thiazole rings is 1. The Morgan fingerprint density at radius 3 is 2.72 bits per heavy atom. The number of nitrogens with one attached hydrogen (secondary N) is 2.